The zero-order valence-corrected chi connectivity index (χ0v) is 13.6. The molecule has 1 N–H and O–H groups in total. The van der Waals surface area contributed by atoms with E-state index in [1.165, 1.54) is 0 Å². The summed E-state index contributed by atoms with van der Waals surface area (Å²) in [4.78, 5) is 14.6. The largest absolute Gasteiger partial charge is 0.394 e. The fraction of sp³-hybridized carbons (Fsp3) is 0.941. The number of hydrogen-bond acceptors (Lipinski definition) is 4. The predicted molar refractivity (Wildman–Crippen MR) is 83.2 cm³/mol. The Morgan fingerprint density at radius 1 is 1.29 bits per heavy atom. The quantitative estimate of drug-likeness (QED) is 0.816. The number of piperidine rings is 1. The van der Waals surface area contributed by atoms with Crippen molar-refractivity contribution in [1.29, 1.82) is 0 Å². The molecule has 2 fully saturated rings. The number of carbonyl (C=O) groups is 1. The monoisotopic (exact) mass is 297 g/mol. The van der Waals surface area contributed by atoms with Crippen molar-refractivity contribution < 1.29 is 14.6 Å². The van der Waals surface area contributed by atoms with Crippen molar-refractivity contribution >= 4 is 5.78 Å². The molecule has 1 aliphatic carbocycles. The molecule has 1 aliphatic heterocycles. The van der Waals surface area contributed by atoms with Gasteiger partial charge in [-0.15, -0.1) is 0 Å². The van der Waals surface area contributed by atoms with Crippen LogP contribution in [0.25, 0.3) is 0 Å². The maximum Gasteiger partial charge on any atom is 0.137 e. The molecule has 0 aromatic heterocycles. The second-order valence-corrected chi connectivity index (χ2v) is 7.04. The third kappa shape index (κ3) is 5.04. The van der Waals surface area contributed by atoms with Crippen LogP contribution in [0.3, 0.4) is 0 Å². The molecule has 21 heavy (non-hydrogen) atoms. The van der Waals surface area contributed by atoms with Gasteiger partial charge < -0.3 is 14.7 Å². The fourth-order valence-electron chi connectivity index (χ4n) is 3.72. The van der Waals surface area contributed by atoms with E-state index in [0.29, 0.717) is 24.4 Å². The number of rotatable bonds is 6. The molecular formula is C17H31NO3. The Hall–Kier alpha value is -0.450. The molecule has 0 bridgehead atoms. The third-order valence-electron chi connectivity index (χ3n) is 5.20. The van der Waals surface area contributed by atoms with Crippen LogP contribution in [0, 0.1) is 17.8 Å². The number of Topliss-reactive ketones (excluding diaryl/α,β-unsaturated/α-hetero) is 1. The predicted octanol–water partition coefficient (Wildman–Crippen LogP) is 2.10. The summed E-state index contributed by atoms with van der Waals surface area (Å²) in [6, 6.07) is 0. The summed E-state index contributed by atoms with van der Waals surface area (Å²) in [5, 5.41) is 8.79. The Morgan fingerprint density at radius 3 is 2.62 bits per heavy atom. The van der Waals surface area contributed by atoms with Gasteiger partial charge >= 0.3 is 0 Å². The molecule has 0 radical (unpaired) electrons. The highest BCUT2D eigenvalue weighted by atomic mass is 16.5. The highest BCUT2D eigenvalue weighted by Gasteiger charge is 2.32. The molecule has 0 aromatic rings. The van der Waals surface area contributed by atoms with E-state index < -0.39 is 0 Å². The maximum atomic E-state index is 12.2. The number of ether oxygens (including phenoxy) is 1. The molecule has 2 aliphatic rings. The third-order valence-corrected chi connectivity index (χ3v) is 5.20. The first-order valence-corrected chi connectivity index (χ1v) is 8.57. The maximum absolute atomic E-state index is 12.2. The van der Waals surface area contributed by atoms with Gasteiger partial charge in [0.2, 0.25) is 0 Å². The molecule has 2 unspecified atom stereocenters. The lowest BCUT2D eigenvalue weighted by Crippen LogP contribution is -2.43. The first-order chi connectivity index (χ1) is 10.1. The van der Waals surface area contributed by atoms with E-state index in [1.54, 1.807) is 0 Å². The van der Waals surface area contributed by atoms with Gasteiger partial charge in [-0.2, -0.15) is 0 Å². The highest BCUT2D eigenvalue weighted by Crippen LogP contribution is 2.32. The van der Waals surface area contributed by atoms with Gasteiger partial charge in [-0.05, 0) is 37.5 Å². The van der Waals surface area contributed by atoms with Gasteiger partial charge in [0.1, 0.15) is 5.78 Å². The lowest BCUT2D eigenvalue weighted by Gasteiger charge is -2.37. The average molecular weight is 297 g/mol. The number of aliphatic hydroxyl groups is 1. The van der Waals surface area contributed by atoms with E-state index in [0.717, 1.165) is 57.7 Å². The molecule has 0 spiro atoms. The topological polar surface area (TPSA) is 49.8 Å². The zero-order valence-electron chi connectivity index (χ0n) is 13.6. The Morgan fingerprint density at radius 2 is 2.00 bits per heavy atom. The van der Waals surface area contributed by atoms with Crippen molar-refractivity contribution in [2.24, 2.45) is 17.8 Å². The van der Waals surface area contributed by atoms with Crippen molar-refractivity contribution in [2.75, 3.05) is 32.8 Å². The number of ketones is 1. The Kier molecular flexibility index (Phi) is 6.65. The lowest BCUT2D eigenvalue weighted by molar-refractivity contribution is -0.127. The van der Waals surface area contributed by atoms with E-state index in [1.807, 2.05) is 0 Å². The molecule has 0 aromatic carbocycles. The van der Waals surface area contributed by atoms with Crippen LogP contribution in [0.1, 0.15) is 46.0 Å². The summed E-state index contributed by atoms with van der Waals surface area (Å²) < 4.78 is 5.60. The van der Waals surface area contributed by atoms with Crippen molar-refractivity contribution in [3.05, 3.63) is 0 Å². The Balaban J connectivity index is 1.75. The van der Waals surface area contributed by atoms with E-state index >= 15 is 0 Å². The number of likely N-dealkylation sites (tertiary alicyclic amines) is 1. The molecule has 1 heterocycles. The van der Waals surface area contributed by atoms with Crippen LogP contribution in [0.2, 0.25) is 0 Å². The Labute approximate surface area is 128 Å². The smallest absolute Gasteiger partial charge is 0.137 e. The highest BCUT2D eigenvalue weighted by molar-refractivity contribution is 5.82. The number of carbonyl (C=O) groups excluding carboxylic acids is 1. The minimum atomic E-state index is 0.105. The molecule has 2 atom stereocenters. The van der Waals surface area contributed by atoms with E-state index in [9.17, 15) is 4.79 Å². The normalized spacial score (nSPS) is 29.2. The van der Waals surface area contributed by atoms with E-state index in [2.05, 4.69) is 18.7 Å². The lowest BCUT2D eigenvalue weighted by atomic mass is 9.75. The fourth-order valence-corrected chi connectivity index (χ4v) is 3.72. The van der Waals surface area contributed by atoms with Gasteiger partial charge in [-0.25, -0.2) is 0 Å². The van der Waals surface area contributed by atoms with Crippen LogP contribution in [0.5, 0.6) is 0 Å². The summed E-state index contributed by atoms with van der Waals surface area (Å²) in [5.41, 5.74) is 0. The van der Waals surface area contributed by atoms with E-state index in [-0.39, 0.29) is 12.5 Å². The molecule has 0 amide bonds. The van der Waals surface area contributed by atoms with Crippen LogP contribution >= 0.6 is 0 Å². The SMILES string of the molecule is CC(C)C1CCC(=O)C(CN2CCC(OCCO)CC2)C1. The van der Waals surface area contributed by atoms with Gasteiger partial charge in [0.05, 0.1) is 19.3 Å². The summed E-state index contributed by atoms with van der Waals surface area (Å²) >= 11 is 0. The van der Waals surface area contributed by atoms with Crippen LogP contribution in [-0.2, 0) is 9.53 Å². The van der Waals surface area contributed by atoms with Crippen molar-refractivity contribution in [1.82, 2.24) is 4.90 Å². The van der Waals surface area contributed by atoms with Gasteiger partial charge in [0.25, 0.3) is 0 Å². The van der Waals surface area contributed by atoms with Gasteiger partial charge in [-0.3, -0.25) is 4.79 Å². The molecular weight excluding hydrogens is 266 g/mol. The number of aliphatic hydroxyl groups excluding tert-OH is 1. The van der Waals surface area contributed by atoms with Crippen LogP contribution in [0.15, 0.2) is 0 Å². The Bertz CT molecular complexity index is 324. The standard InChI is InChI=1S/C17H31NO3/c1-13(2)14-3-4-17(20)15(11-14)12-18-7-5-16(6-8-18)21-10-9-19/h13-16,19H,3-12H2,1-2H3. The number of hydrogen-bond donors (Lipinski definition) is 1. The molecule has 4 nitrogen and oxygen atoms in total. The van der Waals surface area contributed by atoms with Crippen molar-refractivity contribution in [3.63, 3.8) is 0 Å². The minimum absolute atomic E-state index is 0.105. The molecule has 2 rings (SSSR count). The molecule has 1 saturated heterocycles. The first kappa shape index (κ1) is 16.9. The number of nitrogens with zero attached hydrogens (tertiary/aromatic N) is 1. The second-order valence-electron chi connectivity index (χ2n) is 7.04. The van der Waals surface area contributed by atoms with Crippen molar-refractivity contribution in [2.45, 2.75) is 52.1 Å². The molecule has 122 valence electrons. The van der Waals surface area contributed by atoms with Crippen molar-refractivity contribution in [3.8, 4) is 0 Å². The second kappa shape index (κ2) is 8.25. The minimum Gasteiger partial charge on any atom is -0.394 e. The van der Waals surface area contributed by atoms with Crippen LogP contribution in [-0.4, -0.2) is 54.7 Å². The summed E-state index contributed by atoms with van der Waals surface area (Å²) in [5.74, 6) is 2.14. The van der Waals surface area contributed by atoms with Gasteiger partial charge in [-0.1, -0.05) is 13.8 Å². The molecule has 1 saturated carbocycles. The van der Waals surface area contributed by atoms with E-state index in [4.69, 9.17) is 9.84 Å². The van der Waals surface area contributed by atoms with Crippen LogP contribution in [0.4, 0.5) is 0 Å². The molecule has 4 heteroatoms. The summed E-state index contributed by atoms with van der Waals surface area (Å²) in [7, 11) is 0. The average Bonchev–Trinajstić information content (AvgIpc) is 2.48. The zero-order chi connectivity index (χ0) is 15.2. The first-order valence-electron chi connectivity index (χ1n) is 8.57. The summed E-state index contributed by atoms with van der Waals surface area (Å²) in [6.07, 6.45) is 5.28. The van der Waals surface area contributed by atoms with Crippen LogP contribution < -0.4 is 0 Å². The summed E-state index contributed by atoms with van der Waals surface area (Å²) in [6.45, 7) is 8.09. The van der Waals surface area contributed by atoms with Gasteiger partial charge in [0.15, 0.2) is 0 Å². The van der Waals surface area contributed by atoms with Gasteiger partial charge in [0, 0.05) is 32.0 Å².